The van der Waals surface area contributed by atoms with Gasteiger partial charge in [-0.2, -0.15) is 4.90 Å². The summed E-state index contributed by atoms with van der Waals surface area (Å²) in [6, 6.07) is 35.5. The number of primary amides is 1. The van der Waals surface area contributed by atoms with Crippen molar-refractivity contribution in [1.82, 2.24) is 59.7 Å². The molecular formula is C95H105Cl3K2N17O22P. The number of pyridine rings is 2. The van der Waals surface area contributed by atoms with Gasteiger partial charge in [0.25, 0.3) is 76.7 Å². The molecule has 12 amide bonds. The molecule has 2 spiro atoms. The van der Waals surface area contributed by atoms with Crippen LogP contribution in [0.1, 0.15) is 241 Å². The first-order valence-corrected chi connectivity index (χ1v) is 46.9. The molecule has 140 heavy (non-hydrogen) atoms. The van der Waals surface area contributed by atoms with E-state index in [4.69, 9.17) is 61.3 Å². The van der Waals surface area contributed by atoms with Crippen LogP contribution in [-0.2, 0) is 34.5 Å². The van der Waals surface area contributed by atoms with Gasteiger partial charge in [-0.1, -0.05) is 77.8 Å². The second kappa shape index (κ2) is 53.7. The molecule has 4 aromatic carbocycles. The van der Waals surface area contributed by atoms with Crippen LogP contribution < -0.4 is 158 Å². The predicted molar refractivity (Wildman–Crippen MR) is 507 cm³/mol. The number of nitrogen functional groups attached to an aromatic ring is 1. The molecule has 12 aliphatic rings. The number of anilines is 3. The maximum Gasteiger partial charge on any atom is 1.00 e. The van der Waals surface area contributed by atoms with Crippen molar-refractivity contribution < 1.29 is 201 Å². The quantitative estimate of drug-likeness (QED) is 0.0260. The number of nitrogens with zero attached hydrogens (tertiary/aromatic N) is 9. The van der Waals surface area contributed by atoms with Gasteiger partial charge in [-0.25, -0.2) is 24.7 Å². The van der Waals surface area contributed by atoms with E-state index in [0.29, 0.717) is 125 Å². The van der Waals surface area contributed by atoms with Gasteiger partial charge in [-0.15, -0.1) is 21.0 Å². The number of hydrogen-bond donors (Lipinski definition) is 10. The molecule has 730 valence electrons. The molecule has 10 heterocycles. The number of allylic oxidation sites excluding steroid dienone is 3. The Hall–Kier alpha value is -10.4. The van der Waals surface area contributed by atoms with E-state index in [1.165, 1.54) is 57.7 Å². The third-order valence-electron chi connectivity index (χ3n) is 24.2. The van der Waals surface area contributed by atoms with Gasteiger partial charge in [-0.05, 0) is 220 Å². The maximum atomic E-state index is 13.0. The number of aromatic amines is 1. The SMILES string of the molecule is CCOC(=O)N1C(=O)c2ccccc2C1=O.CPC.Cl.NC(=O)c1ccc(Cl)c(=O)[nH]1.N[C@H]1CCCC2(C1)NC(=O)c1ccc(Nc3ccncn3)c(=O)n12.N[C@H]1CCC[C@@H](O)C1.Nc1ccncn1.O=C1CCC[C@H](N2C(=O)c3ccccc3C2=O)C1.O=C1NC2(CCC[C@H](N3C(=O)c4ccccc4C3=O)C2)C2C(=O)C(Cl)=CC=C12.O=C1c2ccccc2C(=O)N1[C@H]1CCC[C@@H](O)C1.O=CO[O-].[H-].[K+].[K+]. The van der Waals surface area contributed by atoms with Gasteiger partial charge in [0, 0.05) is 67.4 Å². The number of H-pyrrole nitrogens is 1. The number of nitrogens with two attached hydrogens (primary N) is 4. The van der Waals surface area contributed by atoms with E-state index >= 15 is 0 Å². The Bertz CT molecular complexity index is 5990. The van der Waals surface area contributed by atoms with Crippen molar-refractivity contribution >= 4 is 151 Å². The molecule has 14 N–H and O–H groups in total. The third kappa shape index (κ3) is 27.5. The fourth-order valence-electron chi connectivity index (χ4n) is 18.2. The Labute approximate surface area is 908 Å². The fraction of sp³-hybridized carbons (Fsp3) is 0.358. The summed E-state index contributed by atoms with van der Waals surface area (Å²) >= 11 is 11.5. The van der Waals surface area contributed by atoms with Gasteiger partial charge in [0.1, 0.15) is 57.8 Å². The Morgan fingerprint density at radius 1 is 0.586 bits per heavy atom. The predicted octanol–water partition coefficient (Wildman–Crippen LogP) is 2.18. The van der Waals surface area contributed by atoms with Gasteiger partial charge in [-0.3, -0.25) is 96.0 Å². The molecule has 39 nitrogen and oxygen atoms in total. The van der Waals surface area contributed by atoms with Gasteiger partial charge in [0.15, 0.2) is 5.78 Å². The number of ether oxygens (including phenoxy) is 1. The molecular weight excluding hydrogens is 1950 g/mol. The number of fused-ring (bicyclic) bond motifs is 8. The molecule has 5 saturated carbocycles. The number of aliphatic hydroxyl groups is 2. The number of ketones is 2. The van der Waals surface area contributed by atoms with Crippen molar-refractivity contribution in [3.8, 4) is 0 Å². The van der Waals surface area contributed by atoms with Crippen molar-refractivity contribution in [3.05, 3.63) is 263 Å². The van der Waals surface area contributed by atoms with Crippen LogP contribution in [0.15, 0.2) is 191 Å². The van der Waals surface area contributed by atoms with E-state index in [1.807, 2.05) is 0 Å². The first-order valence-electron chi connectivity index (χ1n) is 44.2. The Morgan fingerprint density at radius 3 is 1.51 bits per heavy atom. The number of nitrogens with one attached hydrogen (secondary N) is 4. The minimum absolute atomic E-state index is 0. The zero-order chi connectivity index (χ0) is 99.1. The normalized spacial score (nSPS) is 22.5. The average molecular weight is 2050 g/mol. The number of aromatic nitrogens is 6. The molecule has 6 aliphatic carbocycles. The Balaban J connectivity index is 0.000000222. The molecule has 4 aromatic heterocycles. The monoisotopic (exact) mass is 2050 g/mol. The molecule has 6 aliphatic heterocycles. The van der Waals surface area contributed by atoms with Gasteiger partial charge in [0.05, 0.1) is 79.8 Å². The van der Waals surface area contributed by atoms with Crippen LogP contribution in [0.5, 0.6) is 0 Å². The molecule has 8 aromatic rings. The number of hydrogen-bond acceptors (Lipinski definition) is 30. The van der Waals surface area contributed by atoms with Crippen LogP contribution in [0.4, 0.5) is 22.1 Å². The number of aliphatic hydroxyl groups excluding tert-OH is 2. The van der Waals surface area contributed by atoms with E-state index in [0.717, 1.165) is 79.2 Å². The fourth-order valence-corrected chi connectivity index (χ4v) is 18.4. The van der Waals surface area contributed by atoms with Crippen molar-refractivity contribution in [1.29, 1.82) is 0 Å². The molecule has 0 bridgehead atoms. The van der Waals surface area contributed by atoms with Crippen LogP contribution in [0.3, 0.4) is 0 Å². The second-order valence-corrected chi connectivity index (χ2v) is 35.3. The summed E-state index contributed by atoms with van der Waals surface area (Å²) in [5, 5.41) is 36.2. The third-order valence-corrected chi connectivity index (χ3v) is 24.8. The summed E-state index contributed by atoms with van der Waals surface area (Å²) in [6.07, 6.45) is 22.2. The number of rotatable bonds is 8. The second-order valence-electron chi connectivity index (χ2n) is 33.5. The topological polar surface area (TPSA) is 598 Å². The van der Waals surface area contributed by atoms with Crippen LogP contribution in [0.25, 0.3) is 0 Å². The number of carbonyl (C=O) groups is 15. The van der Waals surface area contributed by atoms with Crippen molar-refractivity contribution in [3.63, 3.8) is 0 Å². The number of halogens is 3. The summed E-state index contributed by atoms with van der Waals surface area (Å²) in [5.74, 6) is -3.77. The first-order chi connectivity index (χ1) is 65.7. The molecule has 0 radical (unpaired) electrons. The first kappa shape index (κ1) is 115. The molecule has 10 atom stereocenters. The van der Waals surface area contributed by atoms with Crippen LogP contribution in [0, 0.1) is 5.92 Å². The summed E-state index contributed by atoms with van der Waals surface area (Å²) < 4.78 is 6.21. The van der Waals surface area contributed by atoms with Crippen molar-refractivity contribution in [2.24, 2.45) is 23.1 Å². The molecule has 1 saturated heterocycles. The smallest absolute Gasteiger partial charge is 1.00 e. The number of Topliss-reactive ketones (excluding diaryl/α,β-unsaturated/α-hetero) is 2. The van der Waals surface area contributed by atoms with Crippen LogP contribution in [-0.4, -0.2) is 216 Å². The minimum atomic E-state index is -0.922. The van der Waals surface area contributed by atoms with E-state index in [-0.39, 0.29) is 257 Å². The van der Waals surface area contributed by atoms with Crippen LogP contribution in [0.2, 0.25) is 5.02 Å². The molecule has 6 fully saturated rings. The largest absolute Gasteiger partial charge is 1.00 e. The maximum absolute atomic E-state index is 13.0. The summed E-state index contributed by atoms with van der Waals surface area (Å²) in [7, 11) is 1.08. The van der Waals surface area contributed by atoms with E-state index in [9.17, 15) is 81.8 Å². The summed E-state index contributed by atoms with van der Waals surface area (Å²) in [4.78, 5) is 226. The van der Waals surface area contributed by atoms with Crippen molar-refractivity contribution in [2.45, 2.75) is 189 Å². The van der Waals surface area contributed by atoms with Crippen LogP contribution >= 0.6 is 44.2 Å². The Kier molecular flexibility index (Phi) is 44.0. The van der Waals surface area contributed by atoms with E-state index in [2.05, 4.69) is 63.8 Å². The Morgan fingerprint density at radius 2 is 1.06 bits per heavy atom. The zero-order valence-electron chi connectivity index (χ0n) is 78.3. The van der Waals surface area contributed by atoms with Gasteiger partial charge in [0.2, 0.25) is 5.91 Å². The molecule has 20 rings (SSSR count). The van der Waals surface area contributed by atoms with Crippen molar-refractivity contribution in [2.75, 3.05) is 31.0 Å². The summed E-state index contributed by atoms with van der Waals surface area (Å²) in [6.45, 7) is 5.85. The minimum Gasteiger partial charge on any atom is -1.00 e. The average Bonchev–Trinajstić information content (AvgIpc) is 1.56. The number of benzene rings is 4. The molecule has 3 unspecified atom stereocenters. The molecule has 45 heteroatoms. The standard InChI is InChI=1S/C21H17ClN2O4.C16H18N6O2.C14H15NO3.C14H13NO3.C11H9NO4.C6H5ClN2O2.C6H13NO.C4H5N3.C2H7P.CH2O3.ClH.2K.H/c22-15-8-7-14-16(17(15)25)21(23-18(14)26)9-3-4-11(10-21)24-19(27)12-5-1-2-6-13(12)20(24)28;17-10-2-1-6-16(8-10)21-14(23)12-4-3-11(15(24)22(12)16)20-13-5-7-18-9-19-13;2*16-10-5-3-4-9(8-10)15-13(17)11-6-1-2-7-12(11)14(15)18;1-2-16-11(15)12-9(13)7-5-3-4-6-8(7)10(12)14;7-3-1-2-4(5(8)10)9-6(3)11;7-5-2-1-3-6(8)4-5;5-4-1-2-6-3-7-4;1-3-2;2-1-4-3;;;;/h1-2,5-8,11,16H,3-4,9-10H2,(H,23,26);3-5,7,9-10H,1-2,6,8,17H2,(H,21,23)(H,18,19,20);1-2,6-7,9-10,16H,3-5,8H2;1-2,6-7,9H,3-5,8H2;3-6H,2H2,1H3;1-2H,(H2,8,10)(H,9,11);5-6,8H,1-4,7H2;1-3H,(H2,5,6,7);3H,1-2H3;1,3H;1H;;;/q;;;;;;;;;;;2*+1;-1/p-1/t11-,16?,21?;10-,16?;9-,10+;9-;;;5-,6+;;;;;;;/m0000..0......./s1. The number of amides is 12. The zero-order valence-corrected chi connectivity index (χ0v) is 86.8. The van der Waals surface area contributed by atoms with Gasteiger partial charge < -0.3 is 70.4 Å². The van der Waals surface area contributed by atoms with Gasteiger partial charge >= 0.3 is 109 Å². The number of imide groups is 6. The summed E-state index contributed by atoms with van der Waals surface area (Å²) in [5.41, 5.74) is 23.9. The van der Waals surface area contributed by atoms with E-state index in [1.54, 1.807) is 139 Å². The van der Waals surface area contributed by atoms with E-state index < -0.39 is 52.6 Å². The number of carbonyl (C=O) groups excluding carboxylic acids is 15.